The van der Waals surface area contributed by atoms with Crippen LogP contribution in [0.1, 0.15) is 10.4 Å². The van der Waals surface area contributed by atoms with Gasteiger partial charge in [-0.15, -0.1) is 0 Å². The van der Waals surface area contributed by atoms with Crippen molar-refractivity contribution in [3.63, 3.8) is 0 Å². The highest BCUT2D eigenvalue weighted by Crippen LogP contribution is 2.33. The van der Waals surface area contributed by atoms with Gasteiger partial charge in [-0.05, 0) is 6.07 Å². The van der Waals surface area contributed by atoms with E-state index in [0.29, 0.717) is 4.90 Å². The lowest BCUT2D eigenvalue weighted by Crippen LogP contribution is -2.32. The summed E-state index contributed by atoms with van der Waals surface area (Å²) in [5.74, 6) is -1.53. The predicted octanol–water partition coefficient (Wildman–Crippen LogP) is 2.29. The number of carbonyl (C=O) groups is 1. The molecule has 6 nitrogen and oxygen atoms in total. The third-order valence-corrected chi connectivity index (χ3v) is 2.24. The molecule has 0 saturated carbocycles. The van der Waals surface area contributed by atoms with Crippen molar-refractivity contribution in [2.75, 3.05) is 18.5 Å². The van der Waals surface area contributed by atoms with E-state index in [1.165, 1.54) is 0 Å². The number of hydrogen-bond acceptors (Lipinski definition) is 4. The van der Waals surface area contributed by atoms with Gasteiger partial charge in [-0.25, -0.2) is 4.79 Å². The van der Waals surface area contributed by atoms with Crippen LogP contribution in [0.4, 0.5) is 24.5 Å². The number of nitrogens with zero attached hydrogens (tertiary/aromatic N) is 2. The molecule has 104 valence electrons. The molecule has 1 N–H and O–H groups in total. The minimum Gasteiger partial charge on any atom is -0.478 e. The summed E-state index contributed by atoms with van der Waals surface area (Å²) in [7, 11) is 0.947. The van der Waals surface area contributed by atoms with Gasteiger partial charge >= 0.3 is 12.1 Å². The Hall–Kier alpha value is -2.32. The molecule has 0 heterocycles. The fourth-order valence-electron chi connectivity index (χ4n) is 1.60. The van der Waals surface area contributed by atoms with Crippen molar-refractivity contribution in [1.82, 2.24) is 0 Å². The minimum atomic E-state index is -4.60. The molecule has 1 rings (SSSR count). The summed E-state index contributed by atoms with van der Waals surface area (Å²) in [6.07, 6.45) is -4.60. The second-order valence-electron chi connectivity index (χ2n) is 3.71. The van der Waals surface area contributed by atoms with Crippen LogP contribution in [0.25, 0.3) is 0 Å². The maximum atomic E-state index is 12.3. The highest BCUT2D eigenvalue weighted by molar-refractivity contribution is 5.97. The maximum Gasteiger partial charge on any atom is 0.405 e. The van der Waals surface area contributed by atoms with Crippen molar-refractivity contribution in [1.29, 1.82) is 0 Å². The average molecular weight is 278 g/mol. The molecular weight excluding hydrogens is 269 g/mol. The van der Waals surface area contributed by atoms with Gasteiger partial charge in [0.1, 0.15) is 12.2 Å². The number of para-hydroxylation sites is 1. The van der Waals surface area contributed by atoms with Crippen LogP contribution in [0.2, 0.25) is 0 Å². The normalized spacial score (nSPS) is 11.2. The van der Waals surface area contributed by atoms with Crippen LogP contribution < -0.4 is 4.90 Å². The number of hydrogen-bond donors (Lipinski definition) is 1. The summed E-state index contributed by atoms with van der Waals surface area (Å²) >= 11 is 0. The van der Waals surface area contributed by atoms with E-state index >= 15 is 0 Å². The monoisotopic (exact) mass is 278 g/mol. The van der Waals surface area contributed by atoms with E-state index in [1.807, 2.05) is 0 Å². The number of rotatable bonds is 4. The topological polar surface area (TPSA) is 83.7 Å². The van der Waals surface area contributed by atoms with Gasteiger partial charge in [-0.1, -0.05) is 6.07 Å². The lowest BCUT2D eigenvalue weighted by atomic mass is 10.1. The predicted molar refractivity (Wildman–Crippen MR) is 59.4 cm³/mol. The summed E-state index contributed by atoms with van der Waals surface area (Å²) in [4.78, 5) is 21.3. The lowest BCUT2D eigenvalue weighted by molar-refractivity contribution is -0.384. The molecule has 0 aliphatic carbocycles. The van der Waals surface area contributed by atoms with Gasteiger partial charge in [0.05, 0.1) is 10.5 Å². The number of anilines is 1. The molecule has 0 bridgehead atoms. The molecule has 1 aromatic carbocycles. The molecule has 19 heavy (non-hydrogen) atoms. The first-order valence-electron chi connectivity index (χ1n) is 4.92. The molecule has 0 aliphatic rings. The third-order valence-electron chi connectivity index (χ3n) is 2.24. The first kappa shape index (κ1) is 14.7. The van der Waals surface area contributed by atoms with Crippen molar-refractivity contribution in [3.05, 3.63) is 33.9 Å². The molecule has 0 unspecified atom stereocenters. The molecule has 9 heteroatoms. The highest BCUT2D eigenvalue weighted by Gasteiger charge is 2.33. The molecule has 0 aliphatic heterocycles. The van der Waals surface area contributed by atoms with Crippen LogP contribution in [0.3, 0.4) is 0 Å². The lowest BCUT2D eigenvalue weighted by Gasteiger charge is -2.22. The summed E-state index contributed by atoms with van der Waals surface area (Å²) < 4.78 is 36.9. The summed E-state index contributed by atoms with van der Waals surface area (Å²) in [6, 6.07) is 3.07. The first-order chi connectivity index (χ1) is 8.63. The molecule has 0 saturated heterocycles. The van der Waals surface area contributed by atoms with Crippen molar-refractivity contribution in [3.8, 4) is 0 Å². The maximum absolute atomic E-state index is 12.3. The van der Waals surface area contributed by atoms with Gasteiger partial charge in [0.15, 0.2) is 0 Å². The Kier molecular flexibility index (Phi) is 3.98. The quantitative estimate of drug-likeness (QED) is 0.674. The number of halogens is 3. The van der Waals surface area contributed by atoms with E-state index in [1.54, 1.807) is 0 Å². The molecule has 0 fully saturated rings. The average Bonchev–Trinajstić information content (AvgIpc) is 2.25. The van der Waals surface area contributed by atoms with Crippen molar-refractivity contribution in [2.24, 2.45) is 0 Å². The van der Waals surface area contributed by atoms with Crippen molar-refractivity contribution < 1.29 is 28.0 Å². The van der Waals surface area contributed by atoms with Crippen LogP contribution in [-0.2, 0) is 0 Å². The third kappa shape index (κ3) is 3.57. The van der Waals surface area contributed by atoms with Crippen LogP contribution in [0.5, 0.6) is 0 Å². The van der Waals surface area contributed by atoms with E-state index in [4.69, 9.17) is 5.11 Å². The zero-order valence-electron chi connectivity index (χ0n) is 9.64. The summed E-state index contributed by atoms with van der Waals surface area (Å²) in [5, 5.41) is 19.7. The van der Waals surface area contributed by atoms with Gasteiger partial charge in [0, 0.05) is 13.1 Å². The SMILES string of the molecule is CN(CC(F)(F)F)c1c(C(=O)O)cccc1[N+](=O)[O-]. The first-order valence-corrected chi connectivity index (χ1v) is 4.92. The molecular formula is C10H9F3N2O4. The fraction of sp³-hybridized carbons (Fsp3) is 0.300. The molecule has 1 aromatic rings. The van der Waals surface area contributed by atoms with E-state index in [9.17, 15) is 28.1 Å². The minimum absolute atomic E-state index is 0.502. The van der Waals surface area contributed by atoms with E-state index in [0.717, 1.165) is 25.2 Å². The van der Waals surface area contributed by atoms with Crippen molar-refractivity contribution >= 4 is 17.3 Å². The fourth-order valence-corrected chi connectivity index (χ4v) is 1.60. The zero-order valence-corrected chi connectivity index (χ0v) is 9.64. The highest BCUT2D eigenvalue weighted by atomic mass is 19.4. The Morgan fingerprint density at radius 1 is 1.47 bits per heavy atom. The molecule has 0 atom stereocenters. The number of nitro benzene ring substituents is 1. The number of aromatic carboxylic acids is 1. The number of carboxylic acids is 1. The Morgan fingerprint density at radius 3 is 2.47 bits per heavy atom. The van der Waals surface area contributed by atoms with Crippen LogP contribution in [-0.4, -0.2) is 35.8 Å². The van der Waals surface area contributed by atoms with E-state index in [2.05, 4.69) is 0 Å². The van der Waals surface area contributed by atoms with Crippen LogP contribution in [0, 0.1) is 10.1 Å². The van der Waals surface area contributed by atoms with Gasteiger partial charge < -0.3 is 10.0 Å². The zero-order chi connectivity index (χ0) is 14.8. The van der Waals surface area contributed by atoms with Gasteiger partial charge in [-0.2, -0.15) is 13.2 Å². The molecule has 0 amide bonds. The van der Waals surface area contributed by atoms with Crippen LogP contribution >= 0.6 is 0 Å². The molecule has 0 spiro atoms. The van der Waals surface area contributed by atoms with Gasteiger partial charge in [0.2, 0.25) is 0 Å². The Morgan fingerprint density at radius 2 is 2.05 bits per heavy atom. The molecule has 0 aromatic heterocycles. The second-order valence-corrected chi connectivity index (χ2v) is 3.71. The number of benzene rings is 1. The van der Waals surface area contributed by atoms with E-state index in [-0.39, 0.29) is 0 Å². The smallest absolute Gasteiger partial charge is 0.405 e. The number of nitro groups is 1. The Balaban J connectivity index is 3.36. The van der Waals surface area contributed by atoms with E-state index < -0.39 is 40.6 Å². The van der Waals surface area contributed by atoms with Crippen LogP contribution in [0.15, 0.2) is 18.2 Å². The largest absolute Gasteiger partial charge is 0.478 e. The summed E-state index contributed by atoms with van der Waals surface area (Å²) in [5.41, 5.74) is -1.81. The van der Waals surface area contributed by atoms with Gasteiger partial charge in [0.25, 0.3) is 5.69 Å². The summed E-state index contributed by atoms with van der Waals surface area (Å²) in [6.45, 7) is -1.49. The number of alkyl halides is 3. The van der Waals surface area contributed by atoms with Gasteiger partial charge in [-0.3, -0.25) is 10.1 Å². The second kappa shape index (κ2) is 5.12. The van der Waals surface area contributed by atoms with Crippen molar-refractivity contribution in [2.45, 2.75) is 6.18 Å². The number of carboxylic acid groups (broad SMARTS) is 1. The molecule has 0 radical (unpaired) electrons. The Bertz CT molecular complexity index is 484. The standard InChI is InChI=1S/C10H9F3N2O4/c1-14(5-10(11,12)13)8-6(9(16)17)3-2-4-7(8)15(18)19/h2-4H,5H2,1H3,(H,16,17). The Labute approximate surface area is 105 Å².